The second-order valence-corrected chi connectivity index (χ2v) is 4.46. The van der Waals surface area contributed by atoms with Crippen LogP contribution in [-0.4, -0.2) is 42.8 Å². The van der Waals surface area contributed by atoms with Crippen molar-refractivity contribution in [2.75, 3.05) is 14.2 Å². The Bertz CT molecular complexity index is 725. The number of carbonyl (C=O) groups excluding carboxylic acids is 2. The number of ether oxygens (including phenoxy) is 2. The van der Waals surface area contributed by atoms with Gasteiger partial charge in [0, 0.05) is 4.92 Å². The summed E-state index contributed by atoms with van der Waals surface area (Å²) in [5, 5.41) is 12.8. The van der Waals surface area contributed by atoms with Gasteiger partial charge in [0.1, 0.15) is 5.84 Å². The lowest BCUT2D eigenvalue weighted by Crippen LogP contribution is -2.50. The number of nitro groups is 1. The minimum atomic E-state index is -1.99. The lowest BCUT2D eigenvalue weighted by Gasteiger charge is -2.12. The molecule has 0 radical (unpaired) electrons. The van der Waals surface area contributed by atoms with Crippen molar-refractivity contribution < 1.29 is 24.0 Å². The Hall–Kier alpha value is -3.23. The smallest absolute Gasteiger partial charge is 0.368 e. The topological polar surface area (TPSA) is 120 Å². The number of nitrogens with one attached hydrogen (secondary N) is 1. The molecule has 0 spiro atoms. The van der Waals surface area contributed by atoms with Crippen LogP contribution < -0.4 is 14.8 Å². The van der Waals surface area contributed by atoms with Crippen LogP contribution in [0.15, 0.2) is 29.3 Å². The third-order valence-corrected chi connectivity index (χ3v) is 3.02. The van der Waals surface area contributed by atoms with Gasteiger partial charge < -0.3 is 14.8 Å². The molecule has 2 rings (SSSR count). The van der Waals surface area contributed by atoms with Gasteiger partial charge in [-0.25, -0.2) is 0 Å². The minimum Gasteiger partial charge on any atom is -0.493 e. The van der Waals surface area contributed by atoms with E-state index in [9.17, 15) is 19.7 Å². The van der Waals surface area contributed by atoms with Gasteiger partial charge >= 0.3 is 17.9 Å². The van der Waals surface area contributed by atoms with Gasteiger partial charge in [-0.1, -0.05) is 12.1 Å². The Balaban J connectivity index is 2.21. The molecule has 1 unspecified atom stereocenters. The van der Waals surface area contributed by atoms with Crippen molar-refractivity contribution >= 4 is 23.7 Å². The maximum atomic E-state index is 11.5. The minimum absolute atomic E-state index is 0.0621. The lowest BCUT2D eigenvalue weighted by molar-refractivity contribution is -0.493. The molecule has 23 heavy (non-hydrogen) atoms. The standard InChI is InChI=1S/C14H13N3O6/c1-22-9-5-3-8(7-10(9)23-2)4-6-11-15-13(18)12(17(20)21)14(19)16-11/h3-7,12H,1-2H3,(H,15,16,18,19)/b6-4+. The highest BCUT2D eigenvalue weighted by atomic mass is 16.6. The first-order valence-electron chi connectivity index (χ1n) is 6.43. The number of amides is 2. The molecule has 1 aliphatic rings. The number of rotatable bonds is 5. The molecule has 1 heterocycles. The molecular formula is C14H13N3O6. The summed E-state index contributed by atoms with van der Waals surface area (Å²) >= 11 is 0. The molecule has 0 saturated heterocycles. The highest BCUT2D eigenvalue weighted by molar-refractivity contribution is 6.21. The van der Waals surface area contributed by atoms with E-state index in [1.807, 2.05) is 0 Å². The largest absolute Gasteiger partial charge is 0.493 e. The van der Waals surface area contributed by atoms with E-state index in [1.54, 1.807) is 24.3 Å². The number of nitrogens with zero attached hydrogens (tertiary/aromatic N) is 2. The van der Waals surface area contributed by atoms with Crippen LogP contribution in [-0.2, 0) is 9.59 Å². The van der Waals surface area contributed by atoms with Crippen molar-refractivity contribution in [3.8, 4) is 11.5 Å². The first-order chi connectivity index (χ1) is 11.0. The fourth-order valence-electron chi connectivity index (χ4n) is 1.91. The quantitative estimate of drug-likeness (QED) is 0.477. The Morgan fingerprint density at radius 3 is 2.48 bits per heavy atom. The molecule has 120 valence electrons. The molecule has 0 fully saturated rings. The van der Waals surface area contributed by atoms with E-state index in [4.69, 9.17) is 9.47 Å². The van der Waals surface area contributed by atoms with E-state index in [1.165, 1.54) is 20.3 Å². The first kappa shape index (κ1) is 16.1. The van der Waals surface area contributed by atoms with Crippen LogP contribution in [0, 0.1) is 10.1 Å². The Kier molecular flexibility index (Phi) is 4.69. The van der Waals surface area contributed by atoms with Crippen LogP contribution in [0.1, 0.15) is 5.56 Å². The second kappa shape index (κ2) is 6.69. The van der Waals surface area contributed by atoms with Gasteiger partial charge in [-0.05, 0) is 23.8 Å². The van der Waals surface area contributed by atoms with Crippen molar-refractivity contribution in [3.05, 3.63) is 40.0 Å². The molecule has 0 aromatic heterocycles. The maximum Gasteiger partial charge on any atom is 0.368 e. The van der Waals surface area contributed by atoms with Crippen molar-refractivity contribution in [1.29, 1.82) is 0 Å². The van der Waals surface area contributed by atoms with Gasteiger partial charge in [-0.15, -0.1) is 0 Å². The first-order valence-corrected chi connectivity index (χ1v) is 6.43. The van der Waals surface area contributed by atoms with Crippen LogP contribution >= 0.6 is 0 Å². The summed E-state index contributed by atoms with van der Waals surface area (Å²) in [6.45, 7) is 0. The number of hydrogen-bond donors (Lipinski definition) is 1. The van der Waals surface area contributed by atoms with Gasteiger partial charge in [0.15, 0.2) is 11.5 Å². The highest BCUT2D eigenvalue weighted by Gasteiger charge is 2.41. The Labute approximate surface area is 130 Å². The third-order valence-electron chi connectivity index (χ3n) is 3.02. The lowest BCUT2D eigenvalue weighted by atomic mass is 10.1. The molecule has 0 aliphatic carbocycles. The number of carbonyl (C=O) groups is 2. The Morgan fingerprint density at radius 1 is 1.22 bits per heavy atom. The number of hydrogen-bond acceptors (Lipinski definition) is 6. The van der Waals surface area contributed by atoms with E-state index in [-0.39, 0.29) is 5.84 Å². The van der Waals surface area contributed by atoms with E-state index in [0.29, 0.717) is 17.1 Å². The molecule has 9 heteroatoms. The number of benzene rings is 1. The van der Waals surface area contributed by atoms with E-state index in [2.05, 4.69) is 10.3 Å². The van der Waals surface area contributed by atoms with Crippen LogP contribution in [0.2, 0.25) is 0 Å². The summed E-state index contributed by atoms with van der Waals surface area (Å²) in [6, 6.07) is 3.11. The van der Waals surface area contributed by atoms with Gasteiger partial charge in [-0.3, -0.25) is 19.7 Å². The van der Waals surface area contributed by atoms with Crippen LogP contribution in [0.3, 0.4) is 0 Å². The van der Waals surface area contributed by atoms with E-state index < -0.39 is 22.8 Å². The zero-order valence-corrected chi connectivity index (χ0v) is 12.3. The summed E-state index contributed by atoms with van der Waals surface area (Å²) in [6.07, 6.45) is 2.94. The number of amidine groups is 1. The maximum absolute atomic E-state index is 11.5. The molecule has 1 aliphatic heterocycles. The number of aliphatic imine (C=N–C) groups is 1. The fourth-order valence-corrected chi connectivity index (χ4v) is 1.91. The third kappa shape index (κ3) is 3.51. The van der Waals surface area contributed by atoms with Gasteiger partial charge in [0.05, 0.1) is 14.2 Å². The highest BCUT2D eigenvalue weighted by Crippen LogP contribution is 2.27. The zero-order chi connectivity index (χ0) is 17.0. The molecule has 1 aromatic carbocycles. The molecular weight excluding hydrogens is 306 g/mol. The predicted molar refractivity (Wildman–Crippen MR) is 79.9 cm³/mol. The van der Waals surface area contributed by atoms with Gasteiger partial charge in [-0.2, -0.15) is 4.99 Å². The van der Waals surface area contributed by atoms with Gasteiger partial charge in [0.2, 0.25) is 0 Å². The Morgan fingerprint density at radius 2 is 1.91 bits per heavy atom. The SMILES string of the molecule is COc1ccc(/C=C/C2=NC(=O)C([N+](=O)[O-])C(=O)N2)cc1OC. The molecule has 1 aromatic rings. The number of methoxy groups -OCH3 is 2. The van der Waals surface area contributed by atoms with Crippen LogP contribution in [0.25, 0.3) is 6.08 Å². The fraction of sp³-hybridized carbons (Fsp3) is 0.214. The van der Waals surface area contributed by atoms with E-state index in [0.717, 1.165) is 0 Å². The van der Waals surface area contributed by atoms with Crippen molar-refractivity contribution in [2.24, 2.45) is 4.99 Å². The summed E-state index contributed by atoms with van der Waals surface area (Å²) in [5.74, 6) is -1.12. The summed E-state index contributed by atoms with van der Waals surface area (Å²) < 4.78 is 10.3. The second-order valence-electron chi connectivity index (χ2n) is 4.46. The summed E-state index contributed by atoms with van der Waals surface area (Å²) in [5.41, 5.74) is 0.698. The van der Waals surface area contributed by atoms with Gasteiger partial charge in [0.25, 0.3) is 0 Å². The zero-order valence-electron chi connectivity index (χ0n) is 12.3. The molecule has 0 bridgehead atoms. The molecule has 2 amide bonds. The van der Waals surface area contributed by atoms with Crippen molar-refractivity contribution in [3.63, 3.8) is 0 Å². The summed E-state index contributed by atoms with van der Waals surface area (Å²) in [4.78, 5) is 36.1. The summed E-state index contributed by atoms with van der Waals surface area (Å²) in [7, 11) is 3.00. The molecule has 0 saturated carbocycles. The molecule has 1 atom stereocenters. The monoisotopic (exact) mass is 319 g/mol. The van der Waals surface area contributed by atoms with Crippen molar-refractivity contribution in [2.45, 2.75) is 6.04 Å². The van der Waals surface area contributed by atoms with Crippen molar-refractivity contribution in [1.82, 2.24) is 5.32 Å². The predicted octanol–water partition coefficient (Wildman–Crippen LogP) is 0.417. The van der Waals surface area contributed by atoms with E-state index >= 15 is 0 Å². The average molecular weight is 319 g/mol. The van der Waals surface area contributed by atoms with Crippen LogP contribution in [0.4, 0.5) is 0 Å². The molecule has 9 nitrogen and oxygen atoms in total. The molecule has 1 N–H and O–H groups in total. The normalized spacial score (nSPS) is 17.7. The van der Waals surface area contributed by atoms with Crippen LogP contribution in [0.5, 0.6) is 11.5 Å². The average Bonchev–Trinajstić information content (AvgIpc) is 2.51.